The van der Waals surface area contributed by atoms with E-state index in [4.69, 9.17) is 4.74 Å². The van der Waals surface area contributed by atoms with E-state index in [9.17, 15) is 4.79 Å². The number of benzene rings is 1. The Morgan fingerprint density at radius 3 is 2.43 bits per heavy atom. The summed E-state index contributed by atoms with van der Waals surface area (Å²) in [4.78, 5) is 11.9. The fourth-order valence-corrected chi connectivity index (χ4v) is 5.74. The molecular weight excluding hydrogens is 260 g/mol. The summed E-state index contributed by atoms with van der Waals surface area (Å²) < 4.78 is 6.01. The van der Waals surface area contributed by atoms with Gasteiger partial charge in [-0.15, -0.1) is 0 Å². The largest absolute Gasteiger partial charge is 0.459 e. The van der Waals surface area contributed by atoms with Gasteiger partial charge in [0.2, 0.25) is 0 Å². The Morgan fingerprint density at radius 1 is 1.14 bits per heavy atom. The monoisotopic (exact) mass is 284 g/mol. The Hall–Kier alpha value is -1.31. The van der Waals surface area contributed by atoms with Gasteiger partial charge in [0.05, 0.1) is 0 Å². The minimum absolute atomic E-state index is 0.0137. The van der Waals surface area contributed by atoms with Crippen molar-refractivity contribution in [3.8, 4) is 0 Å². The van der Waals surface area contributed by atoms with Crippen molar-refractivity contribution in [2.24, 2.45) is 11.8 Å². The summed E-state index contributed by atoms with van der Waals surface area (Å²) in [5.41, 5.74) is 1.57. The lowest BCUT2D eigenvalue weighted by atomic mass is 9.46. The van der Waals surface area contributed by atoms with Crippen molar-refractivity contribution in [1.29, 1.82) is 0 Å². The molecule has 0 radical (unpaired) electrons. The molecule has 21 heavy (non-hydrogen) atoms. The second-order valence-corrected chi connectivity index (χ2v) is 7.62. The van der Waals surface area contributed by atoms with Crippen molar-refractivity contribution in [3.05, 3.63) is 35.9 Å². The Bertz CT molecular complexity index is 534. The van der Waals surface area contributed by atoms with Gasteiger partial charge in [-0.2, -0.15) is 0 Å². The minimum Gasteiger partial charge on any atom is -0.459 e. The molecule has 4 fully saturated rings. The molecule has 1 aromatic carbocycles. The zero-order chi connectivity index (χ0) is 14.5. The molecule has 0 saturated heterocycles. The van der Waals surface area contributed by atoms with E-state index in [1.807, 2.05) is 6.92 Å². The van der Waals surface area contributed by atoms with Crippen LogP contribution in [0.25, 0.3) is 0 Å². The molecule has 0 spiro atoms. The van der Waals surface area contributed by atoms with Crippen LogP contribution in [0.15, 0.2) is 30.3 Å². The van der Waals surface area contributed by atoms with Gasteiger partial charge in [0.15, 0.2) is 0 Å². The molecule has 1 aromatic rings. The Morgan fingerprint density at radius 2 is 1.81 bits per heavy atom. The predicted octanol–water partition coefficient (Wildman–Crippen LogP) is 4.23. The quantitative estimate of drug-likeness (QED) is 0.776. The SMILES string of the molecule is CCC(=O)OC12CC3CC(C1)CC(c1ccccc1)(C3)C2. The van der Waals surface area contributed by atoms with Gasteiger partial charge in [-0.25, -0.2) is 0 Å². The van der Waals surface area contributed by atoms with Crippen LogP contribution >= 0.6 is 0 Å². The lowest BCUT2D eigenvalue weighted by Crippen LogP contribution is -2.59. The van der Waals surface area contributed by atoms with E-state index in [1.54, 1.807) is 0 Å². The molecule has 2 unspecified atom stereocenters. The molecule has 0 aliphatic heterocycles. The van der Waals surface area contributed by atoms with Crippen molar-refractivity contribution in [3.63, 3.8) is 0 Å². The summed E-state index contributed by atoms with van der Waals surface area (Å²) in [7, 11) is 0. The van der Waals surface area contributed by atoms with Gasteiger partial charge in [0.25, 0.3) is 0 Å². The van der Waals surface area contributed by atoms with Crippen LogP contribution in [0, 0.1) is 11.8 Å². The van der Waals surface area contributed by atoms with E-state index in [0.29, 0.717) is 6.42 Å². The molecule has 112 valence electrons. The third-order valence-electron chi connectivity index (χ3n) is 6.01. The van der Waals surface area contributed by atoms with Gasteiger partial charge in [0, 0.05) is 6.42 Å². The first-order valence-corrected chi connectivity index (χ1v) is 8.40. The number of rotatable bonds is 3. The second kappa shape index (κ2) is 4.59. The standard InChI is InChI=1S/C19H24O2/c1-2-17(20)21-19-11-14-8-15(12-19)10-18(9-14,13-19)16-6-4-3-5-7-16/h3-7,14-15H,2,8-13H2,1H3. The third kappa shape index (κ3) is 2.11. The number of carbonyl (C=O) groups excluding carboxylic acids is 1. The smallest absolute Gasteiger partial charge is 0.306 e. The van der Waals surface area contributed by atoms with E-state index in [2.05, 4.69) is 30.3 Å². The average molecular weight is 284 g/mol. The van der Waals surface area contributed by atoms with Gasteiger partial charge in [-0.1, -0.05) is 37.3 Å². The first kappa shape index (κ1) is 13.4. The summed E-state index contributed by atoms with van der Waals surface area (Å²) >= 11 is 0. The first-order valence-electron chi connectivity index (χ1n) is 8.40. The van der Waals surface area contributed by atoms with Crippen LogP contribution in [0.3, 0.4) is 0 Å². The molecule has 2 heteroatoms. The van der Waals surface area contributed by atoms with Crippen molar-refractivity contribution in [2.75, 3.05) is 0 Å². The molecule has 4 saturated carbocycles. The van der Waals surface area contributed by atoms with Crippen LogP contribution in [0.2, 0.25) is 0 Å². The van der Waals surface area contributed by atoms with Crippen LogP contribution in [0.1, 0.15) is 57.4 Å². The number of esters is 1. The normalized spacial score (nSPS) is 40.2. The Balaban J connectivity index is 1.70. The topological polar surface area (TPSA) is 26.3 Å². The molecule has 2 nitrogen and oxygen atoms in total. The summed E-state index contributed by atoms with van der Waals surface area (Å²) in [6.45, 7) is 1.90. The summed E-state index contributed by atoms with van der Waals surface area (Å²) in [5.74, 6) is 1.48. The van der Waals surface area contributed by atoms with Crippen LogP contribution in [0.4, 0.5) is 0 Å². The van der Waals surface area contributed by atoms with Gasteiger partial charge in [-0.05, 0) is 61.3 Å². The van der Waals surface area contributed by atoms with Crippen LogP contribution in [-0.4, -0.2) is 11.6 Å². The summed E-state index contributed by atoms with van der Waals surface area (Å²) in [6, 6.07) is 11.0. The maximum absolute atomic E-state index is 11.9. The maximum Gasteiger partial charge on any atom is 0.306 e. The van der Waals surface area contributed by atoms with Crippen LogP contribution in [0.5, 0.6) is 0 Å². The predicted molar refractivity (Wildman–Crippen MR) is 81.9 cm³/mol. The molecule has 0 aromatic heterocycles. The zero-order valence-corrected chi connectivity index (χ0v) is 12.8. The summed E-state index contributed by atoms with van der Waals surface area (Å²) in [6.07, 6.45) is 7.67. The molecule has 0 amide bonds. The van der Waals surface area contributed by atoms with E-state index < -0.39 is 0 Å². The van der Waals surface area contributed by atoms with Gasteiger partial charge in [0.1, 0.15) is 5.60 Å². The highest BCUT2D eigenvalue weighted by molar-refractivity contribution is 5.69. The van der Waals surface area contributed by atoms with E-state index >= 15 is 0 Å². The molecule has 0 N–H and O–H groups in total. The number of hydrogen-bond acceptors (Lipinski definition) is 2. The van der Waals surface area contributed by atoms with Gasteiger partial charge in [-0.3, -0.25) is 4.79 Å². The highest BCUT2D eigenvalue weighted by Crippen LogP contribution is 2.63. The highest BCUT2D eigenvalue weighted by Gasteiger charge is 2.59. The zero-order valence-electron chi connectivity index (χ0n) is 12.8. The molecule has 4 aliphatic carbocycles. The van der Waals surface area contributed by atoms with Crippen molar-refractivity contribution >= 4 is 5.97 Å². The Kier molecular flexibility index (Phi) is 2.92. The maximum atomic E-state index is 11.9. The first-order chi connectivity index (χ1) is 10.1. The fourth-order valence-electron chi connectivity index (χ4n) is 5.74. The molecule has 4 aliphatic rings. The lowest BCUT2D eigenvalue weighted by Gasteiger charge is -2.61. The van der Waals surface area contributed by atoms with Gasteiger partial charge < -0.3 is 4.74 Å². The molecule has 2 atom stereocenters. The van der Waals surface area contributed by atoms with E-state index in [-0.39, 0.29) is 17.0 Å². The van der Waals surface area contributed by atoms with E-state index in [1.165, 1.54) is 24.8 Å². The fraction of sp³-hybridized carbons (Fsp3) is 0.632. The molecule has 4 bridgehead atoms. The number of carbonyl (C=O) groups is 1. The van der Waals surface area contributed by atoms with Crippen LogP contribution in [-0.2, 0) is 14.9 Å². The second-order valence-electron chi connectivity index (χ2n) is 7.62. The average Bonchev–Trinajstić information content (AvgIpc) is 2.46. The van der Waals surface area contributed by atoms with Crippen LogP contribution < -0.4 is 0 Å². The summed E-state index contributed by atoms with van der Waals surface area (Å²) in [5, 5.41) is 0. The molecule has 0 heterocycles. The van der Waals surface area contributed by atoms with Gasteiger partial charge >= 0.3 is 5.97 Å². The van der Waals surface area contributed by atoms with Crippen molar-refractivity contribution in [2.45, 2.75) is 62.9 Å². The third-order valence-corrected chi connectivity index (χ3v) is 6.01. The van der Waals surface area contributed by atoms with E-state index in [0.717, 1.165) is 31.1 Å². The van der Waals surface area contributed by atoms with Crippen molar-refractivity contribution < 1.29 is 9.53 Å². The Labute approximate surface area is 126 Å². The lowest BCUT2D eigenvalue weighted by molar-refractivity contribution is -0.190. The number of ether oxygens (including phenoxy) is 1. The van der Waals surface area contributed by atoms with Crippen molar-refractivity contribution in [1.82, 2.24) is 0 Å². The minimum atomic E-state index is -0.160. The molecule has 5 rings (SSSR count). The number of hydrogen-bond donors (Lipinski definition) is 0. The molecular formula is C19H24O2. The highest BCUT2D eigenvalue weighted by atomic mass is 16.6.